The first-order valence-electron chi connectivity index (χ1n) is 7.46. The highest BCUT2D eigenvalue weighted by atomic mass is 35.5. The number of alkyl halides is 3. The molecule has 2 amide bonds. The van der Waals surface area contributed by atoms with Crippen LogP contribution in [0.15, 0.2) is 48.5 Å². The van der Waals surface area contributed by atoms with Gasteiger partial charge in [0.1, 0.15) is 5.37 Å². The summed E-state index contributed by atoms with van der Waals surface area (Å²) in [6, 6.07) is 11.4. The Bertz CT molecular complexity index is 784. The molecular weight excluding hydrogens is 373 g/mol. The highest BCUT2D eigenvalue weighted by molar-refractivity contribution is 7.99. The minimum Gasteiger partial charge on any atom is -0.308 e. The largest absolute Gasteiger partial charge is 0.416 e. The van der Waals surface area contributed by atoms with E-state index < -0.39 is 17.1 Å². The molecule has 1 aliphatic rings. The van der Waals surface area contributed by atoms with Crippen molar-refractivity contribution in [2.45, 2.75) is 11.6 Å². The molecule has 0 spiro atoms. The topological polar surface area (TPSA) is 32.3 Å². The number of hydrogen-bond donors (Lipinski definition) is 1. The molecule has 1 saturated heterocycles. The van der Waals surface area contributed by atoms with Crippen LogP contribution in [0.2, 0.25) is 5.02 Å². The number of anilines is 1. The molecule has 0 aliphatic carbocycles. The molecule has 1 unspecified atom stereocenters. The van der Waals surface area contributed by atoms with E-state index in [1.165, 1.54) is 22.7 Å². The molecule has 0 saturated carbocycles. The summed E-state index contributed by atoms with van der Waals surface area (Å²) in [6.45, 7) is 0.456. The maximum atomic E-state index is 12.9. The maximum Gasteiger partial charge on any atom is 0.416 e. The van der Waals surface area contributed by atoms with E-state index in [4.69, 9.17) is 11.6 Å². The quantitative estimate of drug-likeness (QED) is 0.724. The second kappa shape index (κ2) is 7.17. The van der Waals surface area contributed by atoms with Crippen LogP contribution in [-0.2, 0) is 6.18 Å². The SMILES string of the molecule is O=C(Nc1cccc(Cl)c1)N1CCSC1c1cccc(C(F)(F)F)c1. The summed E-state index contributed by atoms with van der Waals surface area (Å²) >= 11 is 7.33. The second-order valence-corrected chi connectivity index (χ2v) is 7.10. The van der Waals surface area contributed by atoms with E-state index in [0.29, 0.717) is 28.6 Å². The number of amides is 2. The predicted octanol–water partition coefficient (Wildman–Crippen LogP) is 5.64. The number of thioether (sulfide) groups is 1. The summed E-state index contributed by atoms with van der Waals surface area (Å²) < 4.78 is 38.8. The molecule has 2 aromatic rings. The zero-order valence-electron chi connectivity index (χ0n) is 12.9. The van der Waals surface area contributed by atoms with Gasteiger partial charge < -0.3 is 10.2 Å². The summed E-state index contributed by atoms with van der Waals surface area (Å²) in [5.41, 5.74) is 0.281. The summed E-state index contributed by atoms with van der Waals surface area (Å²) in [6.07, 6.45) is -4.41. The minimum absolute atomic E-state index is 0.366. The molecule has 1 N–H and O–H groups in total. The summed E-state index contributed by atoms with van der Waals surface area (Å²) in [5, 5.41) is 2.77. The zero-order chi connectivity index (χ0) is 18.0. The van der Waals surface area contributed by atoms with E-state index in [0.717, 1.165) is 12.1 Å². The molecule has 1 aliphatic heterocycles. The minimum atomic E-state index is -4.41. The Morgan fingerprint density at radius 2 is 1.96 bits per heavy atom. The van der Waals surface area contributed by atoms with Crippen LogP contribution in [0.3, 0.4) is 0 Å². The van der Waals surface area contributed by atoms with Crippen molar-refractivity contribution in [1.29, 1.82) is 0 Å². The Labute approximate surface area is 152 Å². The van der Waals surface area contributed by atoms with Crippen LogP contribution in [0.25, 0.3) is 0 Å². The Morgan fingerprint density at radius 1 is 1.20 bits per heavy atom. The molecule has 3 nitrogen and oxygen atoms in total. The van der Waals surface area contributed by atoms with Crippen molar-refractivity contribution in [2.24, 2.45) is 0 Å². The molecule has 1 fully saturated rings. The van der Waals surface area contributed by atoms with Gasteiger partial charge in [-0.1, -0.05) is 29.8 Å². The first kappa shape index (κ1) is 17.9. The van der Waals surface area contributed by atoms with Crippen molar-refractivity contribution in [3.63, 3.8) is 0 Å². The van der Waals surface area contributed by atoms with Crippen molar-refractivity contribution >= 4 is 35.1 Å². The highest BCUT2D eigenvalue weighted by Crippen LogP contribution is 2.40. The molecule has 2 aromatic carbocycles. The third-order valence-corrected chi connectivity index (χ3v) is 5.22. The van der Waals surface area contributed by atoms with Gasteiger partial charge in [-0.15, -0.1) is 11.8 Å². The van der Waals surface area contributed by atoms with Crippen molar-refractivity contribution < 1.29 is 18.0 Å². The fourth-order valence-electron chi connectivity index (χ4n) is 2.58. The fraction of sp³-hybridized carbons (Fsp3) is 0.235. The third-order valence-electron chi connectivity index (χ3n) is 3.73. The van der Waals surface area contributed by atoms with Crippen LogP contribution in [-0.4, -0.2) is 23.2 Å². The van der Waals surface area contributed by atoms with Crippen LogP contribution >= 0.6 is 23.4 Å². The number of urea groups is 1. The van der Waals surface area contributed by atoms with E-state index in [1.807, 2.05) is 0 Å². The molecule has 3 rings (SSSR count). The Hall–Kier alpha value is -1.86. The lowest BCUT2D eigenvalue weighted by Crippen LogP contribution is -2.34. The maximum absolute atomic E-state index is 12.9. The number of carbonyl (C=O) groups is 1. The molecule has 25 heavy (non-hydrogen) atoms. The molecular formula is C17H14ClF3N2OS. The average Bonchev–Trinajstić information content (AvgIpc) is 3.04. The lowest BCUT2D eigenvalue weighted by atomic mass is 10.1. The first-order valence-corrected chi connectivity index (χ1v) is 8.89. The molecule has 132 valence electrons. The van der Waals surface area contributed by atoms with Crippen LogP contribution in [0.4, 0.5) is 23.7 Å². The summed E-state index contributed by atoms with van der Waals surface area (Å²) in [5.74, 6) is 0.657. The van der Waals surface area contributed by atoms with Gasteiger partial charge in [-0.25, -0.2) is 4.79 Å². The Kier molecular flexibility index (Phi) is 5.15. The number of nitrogens with one attached hydrogen (secondary N) is 1. The number of carbonyl (C=O) groups excluding carboxylic acids is 1. The number of nitrogens with zero attached hydrogens (tertiary/aromatic N) is 1. The zero-order valence-corrected chi connectivity index (χ0v) is 14.5. The van der Waals surface area contributed by atoms with Crippen LogP contribution < -0.4 is 5.32 Å². The van der Waals surface area contributed by atoms with E-state index in [1.54, 1.807) is 30.3 Å². The number of halogens is 4. The first-order chi connectivity index (χ1) is 11.8. The Balaban J connectivity index is 1.79. The normalized spacial score (nSPS) is 17.6. The van der Waals surface area contributed by atoms with Gasteiger partial charge in [-0.2, -0.15) is 13.2 Å². The van der Waals surface area contributed by atoms with E-state index >= 15 is 0 Å². The van der Waals surface area contributed by atoms with Gasteiger partial charge in [0.25, 0.3) is 0 Å². The van der Waals surface area contributed by atoms with E-state index in [2.05, 4.69) is 5.32 Å². The molecule has 1 heterocycles. The van der Waals surface area contributed by atoms with Gasteiger partial charge in [0, 0.05) is 23.0 Å². The van der Waals surface area contributed by atoms with Gasteiger partial charge in [0.05, 0.1) is 5.56 Å². The summed E-state index contributed by atoms with van der Waals surface area (Å²) in [7, 11) is 0. The highest BCUT2D eigenvalue weighted by Gasteiger charge is 2.34. The molecule has 1 atom stereocenters. The molecule has 0 radical (unpaired) electrons. The summed E-state index contributed by atoms with van der Waals surface area (Å²) in [4.78, 5) is 14.1. The van der Waals surface area contributed by atoms with Crippen LogP contribution in [0.1, 0.15) is 16.5 Å². The number of rotatable bonds is 2. The van der Waals surface area contributed by atoms with Gasteiger partial charge in [-0.3, -0.25) is 0 Å². The van der Waals surface area contributed by atoms with Gasteiger partial charge >= 0.3 is 12.2 Å². The predicted molar refractivity (Wildman–Crippen MR) is 93.8 cm³/mol. The van der Waals surface area contributed by atoms with Crippen LogP contribution in [0, 0.1) is 0 Å². The Morgan fingerprint density at radius 3 is 2.68 bits per heavy atom. The average molecular weight is 387 g/mol. The number of hydrogen-bond acceptors (Lipinski definition) is 2. The fourth-order valence-corrected chi connectivity index (χ4v) is 4.02. The monoisotopic (exact) mass is 386 g/mol. The van der Waals surface area contributed by atoms with Crippen molar-refractivity contribution in [3.05, 3.63) is 64.7 Å². The lowest BCUT2D eigenvalue weighted by Gasteiger charge is -2.25. The lowest BCUT2D eigenvalue weighted by molar-refractivity contribution is -0.137. The van der Waals surface area contributed by atoms with Gasteiger partial charge in [-0.05, 0) is 35.9 Å². The number of benzene rings is 2. The molecule has 0 bridgehead atoms. The van der Waals surface area contributed by atoms with Crippen LogP contribution in [0.5, 0.6) is 0 Å². The molecule has 8 heteroatoms. The second-order valence-electron chi connectivity index (χ2n) is 5.48. The smallest absolute Gasteiger partial charge is 0.308 e. The van der Waals surface area contributed by atoms with E-state index in [-0.39, 0.29) is 6.03 Å². The van der Waals surface area contributed by atoms with E-state index in [9.17, 15) is 18.0 Å². The molecule has 0 aromatic heterocycles. The van der Waals surface area contributed by atoms with Crippen molar-refractivity contribution in [3.8, 4) is 0 Å². The standard InChI is InChI=1S/C17H14ClF3N2OS/c18-13-5-2-6-14(10-13)22-16(24)23-7-8-25-15(23)11-3-1-4-12(9-11)17(19,20)21/h1-6,9-10,15H,7-8H2,(H,22,24). The van der Waals surface area contributed by atoms with Crippen molar-refractivity contribution in [1.82, 2.24) is 4.90 Å². The van der Waals surface area contributed by atoms with Crippen molar-refractivity contribution in [2.75, 3.05) is 17.6 Å². The van der Waals surface area contributed by atoms with Gasteiger partial charge in [0.2, 0.25) is 0 Å². The third kappa shape index (κ3) is 4.22. The van der Waals surface area contributed by atoms with Gasteiger partial charge in [0.15, 0.2) is 0 Å².